The summed E-state index contributed by atoms with van der Waals surface area (Å²) in [4.78, 5) is 39.7. The second-order valence-electron chi connectivity index (χ2n) is 7.74. The van der Waals surface area contributed by atoms with E-state index in [0.29, 0.717) is 26.2 Å². The molecule has 2 saturated heterocycles. The van der Waals surface area contributed by atoms with Gasteiger partial charge in [0.15, 0.2) is 0 Å². The second kappa shape index (κ2) is 7.72. The van der Waals surface area contributed by atoms with Crippen molar-refractivity contribution in [3.63, 3.8) is 0 Å². The zero-order chi connectivity index (χ0) is 18.0. The number of amides is 2. The van der Waals surface area contributed by atoms with Gasteiger partial charge in [-0.15, -0.1) is 0 Å². The lowest BCUT2D eigenvalue weighted by molar-refractivity contribution is -0.149. The van der Waals surface area contributed by atoms with E-state index in [-0.39, 0.29) is 36.6 Å². The zero-order valence-electron chi connectivity index (χ0n) is 14.9. The van der Waals surface area contributed by atoms with Gasteiger partial charge >= 0.3 is 5.97 Å². The predicted molar refractivity (Wildman–Crippen MR) is 89.8 cm³/mol. The Bertz CT molecular complexity index is 530. The molecule has 0 radical (unpaired) electrons. The molecule has 2 heterocycles. The highest BCUT2D eigenvalue weighted by molar-refractivity contribution is 5.89. The summed E-state index contributed by atoms with van der Waals surface area (Å²) in [7, 11) is 0. The molecule has 25 heavy (non-hydrogen) atoms. The van der Waals surface area contributed by atoms with E-state index < -0.39 is 12.1 Å². The molecule has 0 bridgehead atoms. The van der Waals surface area contributed by atoms with Crippen molar-refractivity contribution in [2.75, 3.05) is 26.2 Å². The number of carbonyl (C=O) groups is 3. The number of carboxylic acid groups (broad SMARTS) is 1. The number of morpholine rings is 1. The van der Waals surface area contributed by atoms with Crippen LogP contribution >= 0.6 is 0 Å². The van der Waals surface area contributed by atoms with Crippen LogP contribution in [0.1, 0.15) is 45.4 Å². The van der Waals surface area contributed by atoms with Crippen LogP contribution in [0, 0.1) is 11.8 Å². The van der Waals surface area contributed by atoms with Crippen molar-refractivity contribution in [3.05, 3.63) is 0 Å². The summed E-state index contributed by atoms with van der Waals surface area (Å²) in [6, 6.07) is 0.283. The fraction of sp³-hybridized carbons (Fsp3) is 0.833. The van der Waals surface area contributed by atoms with Crippen LogP contribution < -0.4 is 0 Å². The molecule has 2 amide bonds. The lowest BCUT2D eigenvalue weighted by Crippen LogP contribution is -2.49. The van der Waals surface area contributed by atoms with Gasteiger partial charge in [0.2, 0.25) is 11.8 Å². The third kappa shape index (κ3) is 4.32. The average molecular weight is 352 g/mol. The Labute approximate surface area is 148 Å². The van der Waals surface area contributed by atoms with E-state index >= 15 is 0 Å². The van der Waals surface area contributed by atoms with Gasteiger partial charge in [0.25, 0.3) is 0 Å². The van der Waals surface area contributed by atoms with Gasteiger partial charge in [-0.2, -0.15) is 0 Å². The minimum Gasteiger partial charge on any atom is -0.481 e. The number of rotatable bonds is 4. The molecule has 7 heteroatoms. The molecule has 7 nitrogen and oxygen atoms in total. The largest absolute Gasteiger partial charge is 0.481 e. The van der Waals surface area contributed by atoms with Crippen LogP contribution in [0.3, 0.4) is 0 Å². The van der Waals surface area contributed by atoms with Gasteiger partial charge in [-0.3, -0.25) is 14.4 Å². The lowest BCUT2D eigenvalue weighted by atomic mass is 9.86. The monoisotopic (exact) mass is 352 g/mol. The van der Waals surface area contributed by atoms with E-state index in [1.807, 2.05) is 4.90 Å². The molecule has 1 aliphatic carbocycles. The molecule has 0 aromatic heterocycles. The van der Waals surface area contributed by atoms with Crippen LogP contribution in [-0.4, -0.2) is 71.1 Å². The first-order chi connectivity index (χ1) is 11.9. The van der Waals surface area contributed by atoms with Crippen molar-refractivity contribution in [3.8, 4) is 0 Å². The molecule has 0 spiro atoms. The molecular weight excluding hydrogens is 324 g/mol. The van der Waals surface area contributed by atoms with E-state index in [0.717, 1.165) is 31.6 Å². The summed E-state index contributed by atoms with van der Waals surface area (Å²) in [5, 5.41) is 8.90. The maximum absolute atomic E-state index is 12.8. The molecule has 3 rings (SSSR count). The van der Waals surface area contributed by atoms with Crippen molar-refractivity contribution in [2.24, 2.45) is 11.8 Å². The molecule has 140 valence electrons. The van der Waals surface area contributed by atoms with Gasteiger partial charge in [0, 0.05) is 32.1 Å². The Morgan fingerprint density at radius 1 is 1.20 bits per heavy atom. The van der Waals surface area contributed by atoms with Crippen molar-refractivity contribution >= 4 is 17.8 Å². The van der Waals surface area contributed by atoms with Crippen LogP contribution in [0.25, 0.3) is 0 Å². The highest BCUT2D eigenvalue weighted by Crippen LogP contribution is 2.32. The molecular formula is C18H28N2O5. The summed E-state index contributed by atoms with van der Waals surface area (Å²) in [5.74, 6) is -0.429. The number of likely N-dealkylation sites (tertiary alicyclic amines) is 1. The van der Waals surface area contributed by atoms with E-state index in [2.05, 4.69) is 6.92 Å². The number of nitrogens with zero attached hydrogens (tertiary/aromatic N) is 2. The minimum atomic E-state index is -0.923. The molecule has 1 N–H and O–H groups in total. The topological polar surface area (TPSA) is 87.2 Å². The van der Waals surface area contributed by atoms with Crippen LogP contribution in [0.15, 0.2) is 0 Å². The van der Waals surface area contributed by atoms with Crippen molar-refractivity contribution in [1.29, 1.82) is 0 Å². The van der Waals surface area contributed by atoms with Gasteiger partial charge in [0.05, 0.1) is 25.0 Å². The van der Waals surface area contributed by atoms with Crippen molar-refractivity contribution < 1.29 is 24.2 Å². The molecule has 0 aromatic carbocycles. The Kier molecular flexibility index (Phi) is 5.61. The number of carboxylic acids is 1. The van der Waals surface area contributed by atoms with E-state index in [4.69, 9.17) is 9.84 Å². The lowest BCUT2D eigenvalue weighted by Gasteiger charge is -2.35. The first-order valence-corrected chi connectivity index (χ1v) is 9.35. The molecule has 1 saturated carbocycles. The Morgan fingerprint density at radius 2 is 1.92 bits per heavy atom. The van der Waals surface area contributed by atoms with E-state index in [9.17, 15) is 14.4 Å². The maximum atomic E-state index is 12.8. The van der Waals surface area contributed by atoms with Gasteiger partial charge in [-0.05, 0) is 31.6 Å². The quantitative estimate of drug-likeness (QED) is 0.819. The van der Waals surface area contributed by atoms with Crippen LogP contribution in [-0.2, 0) is 19.1 Å². The van der Waals surface area contributed by atoms with Crippen LogP contribution in [0.5, 0.6) is 0 Å². The van der Waals surface area contributed by atoms with Crippen LogP contribution in [0.2, 0.25) is 0 Å². The Morgan fingerprint density at radius 3 is 2.60 bits per heavy atom. The molecule has 3 fully saturated rings. The Hall–Kier alpha value is -1.63. The Balaban J connectivity index is 1.56. The normalized spacial score (nSPS) is 33.6. The van der Waals surface area contributed by atoms with Crippen molar-refractivity contribution in [1.82, 2.24) is 9.80 Å². The van der Waals surface area contributed by atoms with Gasteiger partial charge < -0.3 is 19.6 Å². The smallest absolute Gasteiger partial charge is 0.306 e. The summed E-state index contributed by atoms with van der Waals surface area (Å²) >= 11 is 0. The maximum Gasteiger partial charge on any atom is 0.306 e. The number of carbonyl (C=O) groups excluding carboxylic acids is 2. The highest BCUT2D eigenvalue weighted by atomic mass is 16.5. The molecule has 3 aliphatic rings. The first kappa shape index (κ1) is 18.2. The van der Waals surface area contributed by atoms with E-state index in [1.165, 1.54) is 0 Å². The highest BCUT2D eigenvalue weighted by Gasteiger charge is 2.41. The minimum absolute atomic E-state index is 0.0290. The number of ether oxygens (including phenoxy) is 1. The van der Waals surface area contributed by atoms with Gasteiger partial charge in [0.1, 0.15) is 0 Å². The van der Waals surface area contributed by atoms with Gasteiger partial charge in [-0.1, -0.05) is 6.92 Å². The zero-order valence-corrected chi connectivity index (χ0v) is 14.9. The summed E-state index contributed by atoms with van der Waals surface area (Å²) in [6.45, 7) is 3.89. The fourth-order valence-electron chi connectivity index (χ4n) is 4.30. The summed E-state index contributed by atoms with van der Waals surface area (Å²) < 4.78 is 5.43. The van der Waals surface area contributed by atoms with Crippen LogP contribution in [0.4, 0.5) is 0 Å². The average Bonchev–Trinajstić information content (AvgIpc) is 2.96. The molecule has 2 atom stereocenters. The van der Waals surface area contributed by atoms with Gasteiger partial charge in [-0.25, -0.2) is 0 Å². The van der Waals surface area contributed by atoms with Crippen molar-refractivity contribution in [2.45, 2.75) is 57.6 Å². The number of aliphatic carboxylic acids is 1. The third-order valence-corrected chi connectivity index (χ3v) is 5.79. The van der Waals surface area contributed by atoms with E-state index in [1.54, 1.807) is 4.90 Å². The second-order valence-corrected chi connectivity index (χ2v) is 7.74. The number of hydrogen-bond donors (Lipinski definition) is 1. The SMILES string of the molecule is CC1CCC(N2C[C@@H](C(=O)N3CCO[C@@H](CC(=O)O)C3)CC2=O)CC1. The molecule has 0 aromatic rings. The third-order valence-electron chi connectivity index (χ3n) is 5.79. The molecule has 2 aliphatic heterocycles. The number of hydrogen-bond acceptors (Lipinski definition) is 4. The summed E-state index contributed by atoms with van der Waals surface area (Å²) in [6.07, 6.45) is 4.09. The molecule has 0 unspecified atom stereocenters. The standard InChI is InChI=1S/C18H28N2O5/c1-12-2-4-14(5-3-12)20-10-13(8-16(20)21)18(24)19-6-7-25-15(11-19)9-17(22)23/h12-15H,2-11H2,1H3,(H,22,23)/t12?,13-,14?,15-/m0/s1. The fourth-order valence-corrected chi connectivity index (χ4v) is 4.30. The first-order valence-electron chi connectivity index (χ1n) is 9.35. The predicted octanol–water partition coefficient (Wildman–Crippen LogP) is 1.12. The summed E-state index contributed by atoms with van der Waals surface area (Å²) in [5.41, 5.74) is 0.